The fraction of sp³-hybridized carbons (Fsp3) is 0.0833. The van der Waals surface area contributed by atoms with Gasteiger partial charge in [0.25, 0.3) is 16.8 Å². The molecule has 0 saturated carbocycles. The van der Waals surface area contributed by atoms with Gasteiger partial charge in [-0.3, -0.25) is 19.7 Å². The fourth-order valence-electron chi connectivity index (χ4n) is 3.37. The Morgan fingerprint density at radius 3 is 2.39 bits per heavy atom. The minimum Gasteiger partial charge on any atom is -0.493 e. The summed E-state index contributed by atoms with van der Waals surface area (Å²) in [6.45, 7) is 1.49. The predicted molar refractivity (Wildman–Crippen MR) is 134 cm³/mol. The van der Waals surface area contributed by atoms with Crippen LogP contribution in [0.3, 0.4) is 0 Å². The first kappa shape index (κ1) is 24.9. The Morgan fingerprint density at radius 2 is 1.72 bits per heavy atom. The average Bonchev–Trinajstić information content (AvgIpc) is 3.12. The summed E-state index contributed by atoms with van der Waals surface area (Å²) in [4.78, 5) is 36.6. The van der Waals surface area contributed by atoms with Gasteiger partial charge in [0, 0.05) is 11.6 Å². The number of carbonyl (C=O) groups is 2. The molecule has 3 aromatic carbocycles. The molecule has 184 valence electrons. The number of para-hydroxylation sites is 1. The molecule has 1 aliphatic rings. The first-order valence-corrected chi connectivity index (χ1v) is 12.5. The molecule has 0 radical (unpaired) electrons. The normalized spacial score (nSPS) is 14.8. The van der Waals surface area contributed by atoms with Gasteiger partial charge in [0.15, 0.2) is 11.5 Å². The van der Waals surface area contributed by atoms with Crippen LogP contribution in [-0.2, 0) is 14.9 Å². The van der Waals surface area contributed by atoms with Crippen molar-refractivity contribution in [1.82, 2.24) is 0 Å². The Hall–Kier alpha value is -4.16. The number of carbonyl (C=O) groups excluding carboxylic acids is 2. The molecule has 0 aliphatic carbocycles. The van der Waals surface area contributed by atoms with Crippen LogP contribution in [0.4, 0.5) is 16.2 Å². The van der Waals surface area contributed by atoms with E-state index in [1.54, 1.807) is 30.3 Å². The zero-order valence-electron chi connectivity index (χ0n) is 18.9. The number of benzene rings is 3. The molecule has 0 bridgehead atoms. The van der Waals surface area contributed by atoms with E-state index in [9.17, 15) is 28.1 Å². The molecule has 4 rings (SSSR count). The van der Waals surface area contributed by atoms with Crippen LogP contribution in [0.2, 0.25) is 0 Å². The Bertz CT molecular complexity index is 1520. The molecule has 36 heavy (non-hydrogen) atoms. The second-order valence-corrected chi connectivity index (χ2v) is 10.0. The molecule has 0 atom stereocenters. The average molecular weight is 527 g/mol. The standard InChI is InChI=1S/C24H18N2O8S2/c1-15-8-10-18(14-19(15)26(29)30)36(31,32)34-20-11-9-16(12-21(20)33-2)13-22-23(27)25(24(28)35-22)17-6-4-3-5-7-17/h3-14H,1-2H3/b22-13+. The van der Waals surface area contributed by atoms with Gasteiger partial charge in [-0.25, -0.2) is 4.90 Å². The van der Waals surface area contributed by atoms with E-state index in [0.717, 1.165) is 22.7 Å². The second-order valence-electron chi connectivity index (χ2n) is 7.51. The number of hydrogen-bond donors (Lipinski definition) is 0. The first-order chi connectivity index (χ1) is 17.1. The highest BCUT2D eigenvalue weighted by Gasteiger charge is 2.36. The lowest BCUT2D eigenvalue weighted by Gasteiger charge is -2.12. The molecule has 1 saturated heterocycles. The second kappa shape index (κ2) is 9.84. The first-order valence-electron chi connectivity index (χ1n) is 10.3. The number of amides is 2. The molecule has 0 spiro atoms. The Morgan fingerprint density at radius 1 is 1.00 bits per heavy atom. The zero-order chi connectivity index (χ0) is 26.0. The summed E-state index contributed by atoms with van der Waals surface area (Å²) < 4.78 is 36.0. The Kier molecular flexibility index (Phi) is 6.82. The van der Waals surface area contributed by atoms with Crippen LogP contribution in [0.15, 0.2) is 76.5 Å². The van der Waals surface area contributed by atoms with E-state index in [1.165, 1.54) is 50.4 Å². The molecule has 2 amide bonds. The highest BCUT2D eigenvalue weighted by molar-refractivity contribution is 8.19. The number of methoxy groups -OCH3 is 1. The van der Waals surface area contributed by atoms with Crippen molar-refractivity contribution >= 4 is 50.5 Å². The number of nitrogens with zero attached hydrogens (tertiary/aromatic N) is 2. The number of anilines is 1. The van der Waals surface area contributed by atoms with E-state index in [4.69, 9.17) is 8.92 Å². The van der Waals surface area contributed by atoms with Crippen molar-refractivity contribution in [3.63, 3.8) is 0 Å². The number of thioether (sulfide) groups is 1. The maximum Gasteiger partial charge on any atom is 0.339 e. The molecule has 0 N–H and O–H groups in total. The van der Waals surface area contributed by atoms with Gasteiger partial charge in [0.2, 0.25) is 0 Å². The van der Waals surface area contributed by atoms with Crippen molar-refractivity contribution < 1.29 is 31.9 Å². The van der Waals surface area contributed by atoms with Gasteiger partial charge < -0.3 is 8.92 Å². The molecule has 1 aliphatic heterocycles. The fourth-order valence-corrected chi connectivity index (χ4v) is 5.17. The molecule has 0 aromatic heterocycles. The lowest BCUT2D eigenvalue weighted by molar-refractivity contribution is -0.385. The van der Waals surface area contributed by atoms with E-state index < -0.39 is 26.2 Å². The predicted octanol–water partition coefficient (Wildman–Crippen LogP) is 4.92. The zero-order valence-corrected chi connectivity index (χ0v) is 20.5. The number of rotatable bonds is 7. The summed E-state index contributed by atoms with van der Waals surface area (Å²) in [5.41, 5.74) is 0.858. The molecule has 10 nitrogen and oxygen atoms in total. The molecule has 0 unspecified atom stereocenters. The lowest BCUT2D eigenvalue weighted by atomic mass is 10.2. The quantitative estimate of drug-likeness (QED) is 0.182. The van der Waals surface area contributed by atoms with Crippen LogP contribution >= 0.6 is 11.8 Å². The maximum atomic E-state index is 12.8. The van der Waals surface area contributed by atoms with Gasteiger partial charge in [-0.2, -0.15) is 8.42 Å². The third-order valence-corrected chi connectivity index (χ3v) is 7.26. The Labute approximate surface area is 210 Å². The van der Waals surface area contributed by atoms with Crippen LogP contribution in [0.5, 0.6) is 11.5 Å². The van der Waals surface area contributed by atoms with Gasteiger partial charge in [-0.15, -0.1) is 0 Å². The highest BCUT2D eigenvalue weighted by Crippen LogP contribution is 2.37. The van der Waals surface area contributed by atoms with E-state index in [-0.39, 0.29) is 27.0 Å². The highest BCUT2D eigenvalue weighted by atomic mass is 32.2. The smallest absolute Gasteiger partial charge is 0.339 e. The summed E-state index contributed by atoms with van der Waals surface area (Å²) in [7, 11) is -3.11. The van der Waals surface area contributed by atoms with E-state index in [2.05, 4.69) is 0 Å². The summed E-state index contributed by atoms with van der Waals surface area (Å²) in [6.07, 6.45) is 1.48. The van der Waals surface area contributed by atoms with Crippen molar-refractivity contribution in [3.8, 4) is 11.5 Å². The van der Waals surface area contributed by atoms with Crippen LogP contribution in [0.1, 0.15) is 11.1 Å². The number of imide groups is 1. The maximum absolute atomic E-state index is 12.8. The minimum absolute atomic E-state index is 0.0382. The molecule has 12 heteroatoms. The number of aryl methyl sites for hydroxylation is 1. The third kappa shape index (κ3) is 4.95. The van der Waals surface area contributed by atoms with Gasteiger partial charge in [0.05, 0.1) is 22.6 Å². The van der Waals surface area contributed by atoms with Crippen molar-refractivity contribution in [3.05, 3.63) is 92.9 Å². The van der Waals surface area contributed by atoms with Crippen LogP contribution in [0.25, 0.3) is 6.08 Å². The van der Waals surface area contributed by atoms with Crippen LogP contribution < -0.4 is 13.8 Å². The van der Waals surface area contributed by atoms with Crippen LogP contribution in [0, 0.1) is 17.0 Å². The third-order valence-electron chi connectivity index (χ3n) is 5.16. The molecule has 1 heterocycles. The molecule has 1 fully saturated rings. The monoisotopic (exact) mass is 526 g/mol. The van der Waals surface area contributed by atoms with Crippen molar-refractivity contribution in [2.24, 2.45) is 0 Å². The largest absolute Gasteiger partial charge is 0.493 e. The molecular weight excluding hydrogens is 508 g/mol. The summed E-state index contributed by atoms with van der Waals surface area (Å²) in [6, 6.07) is 16.2. The van der Waals surface area contributed by atoms with Gasteiger partial charge in [-0.1, -0.05) is 30.3 Å². The molecular formula is C24H18N2O8S2. The van der Waals surface area contributed by atoms with Crippen LogP contribution in [-0.4, -0.2) is 31.6 Å². The van der Waals surface area contributed by atoms with Gasteiger partial charge in [-0.05, 0) is 60.7 Å². The van der Waals surface area contributed by atoms with Gasteiger partial charge >= 0.3 is 10.1 Å². The van der Waals surface area contributed by atoms with Crippen molar-refractivity contribution in [1.29, 1.82) is 0 Å². The van der Waals surface area contributed by atoms with Gasteiger partial charge in [0.1, 0.15) is 4.90 Å². The van der Waals surface area contributed by atoms with E-state index >= 15 is 0 Å². The number of nitro benzene ring substituents is 1. The Balaban J connectivity index is 1.61. The van der Waals surface area contributed by atoms with Crippen molar-refractivity contribution in [2.45, 2.75) is 11.8 Å². The summed E-state index contributed by atoms with van der Waals surface area (Å²) in [5.74, 6) is -0.606. The van der Waals surface area contributed by atoms with Crippen molar-refractivity contribution in [2.75, 3.05) is 12.0 Å². The SMILES string of the molecule is COc1cc(/C=C2/SC(=O)N(c3ccccc3)C2=O)ccc1OS(=O)(=O)c1ccc(C)c([N+](=O)[O-])c1. The van der Waals surface area contributed by atoms with E-state index in [1.807, 2.05) is 0 Å². The number of hydrogen-bond acceptors (Lipinski definition) is 9. The summed E-state index contributed by atoms with van der Waals surface area (Å²) >= 11 is 0.777. The topological polar surface area (TPSA) is 133 Å². The summed E-state index contributed by atoms with van der Waals surface area (Å²) in [5, 5.41) is 10.7. The van der Waals surface area contributed by atoms with E-state index in [0.29, 0.717) is 16.8 Å². The number of ether oxygens (including phenoxy) is 1. The minimum atomic E-state index is -4.42. The lowest BCUT2D eigenvalue weighted by Crippen LogP contribution is -2.27. The molecule has 3 aromatic rings. The number of nitro groups is 1.